The number of aromatic nitrogens is 1. The van der Waals surface area contributed by atoms with Crippen molar-refractivity contribution in [3.63, 3.8) is 0 Å². The summed E-state index contributed by atoms with van der Waals surface area (Å²) < 4.78 is 3.22. The molecule has 0 N–H and O–H groups in total. The second-order valence-electron chi connectivity index (χ2n) is 8.16. The number of carbonyl (C=O) groups excluding carboxylic acids is 1. The van der Waals surface area contributed by atoms with Crippen molar-refractivity contribution in [3.8, 4) is 0 Å². The van der Waals surface area contributed by atoms with Gasteiger partial charge in [0.25, 0.3) is 6.85 Å². The highest BCUT2D eigenvalue weighted by Gasteiger charge is 2.39. The van der Waals surface area contributed by atoms with Crippen molar-refractivity contribution >= 4 is 34.8 Å². The summed E-state index contributed by atoms with van der Waals surface area (Å²) in [6, 6.07) is 2.27. The number of aldehydes is 1. The van der Waals surface area contributed by atoms with E-state index in [1.165, 1.54) is 37.1 Å². The number of halogens is 1. The fourth-order valence-electron chi connectivity index (χ4n) is 4.20. The highest BCUT2D eigenvalue weighted by Crippen LogP contribution is 2.46. The quantitative estimate of drug-likeness (QED) is 0.343. The second-order valence-corrected chi connectivity index (χ2v) is 9.02. The fourth-order valence-corrected chi connectivity index (χ4v) is 4.72. The molecule has 0 amide bonds. The molecule has 0 radical (unpaired) electrons. The molecule has 0 saturated heterocycles. The zero-order chi connectivity index (χ0) is 18.6. The van der Waals surface area contributed by atoms with Crippen molar-refractivity contribution in [2.24, 2.45) is 10.4 Å². The Morgan fingerprint density at radius 1 is 1.32 bits per heavy atom. The van der Waals surface area contributed by atoms with Crippen molar-refractivity contribution in [1.82, 2.24) is 4.48 Å². The van der Waals surface area contributed by atoms with Crippen LogP contribution in [-0.4, -0.2) is 23.3 Å². The Labute approximate surface area is 161 Å². The molecular formula is C20H32BBrN2O. The summed E-state index contributed by atoms with van der Waals surface area (Å²) in [7, 11) is 0. The van der Waals surface area contributed by atoms with E-state index in [9.17, 15) is 4.79 Å². The predicted molar refractivity (Wildman–Crippen MR) is 112 cm³/mol. The summed E-state index contributed by atoms with van der Waals surface area (Å²) in [4.78, 5) is 16.8. The standard InChI is InChI=1S/C20H32BBrN2O/c1-6-8-10-21(11-9-7-2)24-17(12-16(22)18(24)14-25)19-20(4,5)13-15(3)23-19/h12,14,19H,6-11,13H2,1-5H3. The summed E-state index contributed by atoms with van der Waals surface area (Å²) in [6.45, 7) is 11.5. The molecule has 0 saturated carbocycles. The Morgan fingerprint density at radius 3 is 2.36 bits per heavy atom. The van der Waals surface area contributed by atoms with Crippen LogP contribution in [0, 0.1) is 5.41 Å². The van der Waals surface area contributed by atoms with E-state index in [1.54, 1.807) is 0 Å². The highest BCUT2D eigenvalue weighted by atomic mass is 79.9. The van der Waals surface area contributed by atoms with Crippen LogP contribution in [-0.2, 0) is 0 Å². The van der Waals surface area contributed by atoms with Crippen LogP contribution in [0.5, 0.6) is 0 Å². The minimum Gasteiger partial charge on any atom is -0.384 e. The van der Waals surface area contributed by atoms with E-state index in [-0.39, 0.29) is 11.5 Å². The van der Waals surface area contributed by atoms with E-state index in [4.69, 9.17) is 4.99 Å². The SMILES string of the molecule is CCCCB(CCCC)n1c(C2N=C(C)CC2(C)C)cc(Br)c1C=O. The summed E-state index contributed by atoms with van der Waals surface area (Å²) in [5.41, 5.74) is 3.29. The molecule has 2 rings (SSSR count). The molecule has 138 valence electrons. The maximum atomic E-state index is 11.9. The van der Waals surface area contributed by atoms with Crippen LogP contribution in [0.3, 0.4) is 0 Å². The Morgan fingerprint density at radius 2 is 1.92 bits per heavy atom. The van der Waals surface area contributed by atoms with Gasteiger partial charge in [-0.05, 0) is 40.8 Å². The number of nitrogens with zero attached hydrogens (tertiary/aromatic N) is 2. The average Bonchev–Trinajstić information content (AvgIpc) is 3.02. The van der Waals surface area contributed by atoms with Crippen molar-refractivity contribution in [2.45, 2.75) is 85.4 Å². The monoisotopic (exact) mass is 406 g/mol. The first-order valence-electron chi connectivity index (χ1n) is 9.74. The molecule has 1 unspecified atom stereocenters. The van der Waals surface area contributed by atoms with E-state index < -0.39 is 0 Å². The van der Waals surface area contributed by atoms with Crippen molar-refractivity contribution in [2.75, 3.05) is 0 Å². The average molecular weight is 407 g/mol. The van der Waals surface area contributed by atoms with Gasteiger partial charge in [0.1, 0.15) is 0 Å². The molecule has 1 aromatic rings. The van der Waals surface area contributed by atoms with E-state index >= 15 is 0 Å². The third kappa shape index (κ3) is 4.47. The van der Waals surface area contributed by atoms with E-state index in [2.05, 4.69) is 61.1 Å². The maximum Gasteiger partial charge on any atom is 0.260 e. The lowest BCUT2D eigenvalue weighted by molar-refractivity contribution is 0.111. The molecule has 1 aliphatic rings. The van der Waals surface area contributed by atoms with Gasteiger partial charge in [-0.25, -0.2) is 0 Å². The summed E-state index contributed by atoms with van der Waals surface area (Å²) >= 11 is 3.63. The Kier molecular flexibility index (Phi) is 7.13. The lowest BCUT2D eigenvalue weighted by atomic mass is 9.53. The van der Waals surface area contributed by atoms with E-state index in [1.807, 2.05) is 0 Å². The molecule has 1 aromatic heterocycles. The number of rotatable bonds is 9. The highest BCUT2D eigenvalue weighted by molar-refractivity contribution is 9.10. The molecule has 0 bridgehead atoms. The van der Waals surface area contributed by atoms with Gasteiger partial charge in [0.05, 0.1) is 11.7 Å². The number of aliphatic imine (C=N–C) groups is 1. The van der Waals surface area contributed by atoms with Gasteiger partial charge in [0.2, 0.25) is 0 Å². The Hall–Kier alpha value is -0.835. The molecule has 2 heterocycles. The molecule has 5 heteroatoms. The first-order valence-corrected chi connectivity index (χ1v) is 10.5. The zero-order valence-corrected chi connectivity index (χ0v) is 18.0. The van der Waals surface area contributed by atoms with Crippen LogP contribution < -0.4 is 0 Å². The lowest BCUT2D eigenvalue weighted by Crippen LogP contribution is -2.30. The maximum absolute atomic E-state index is 11.9. The molecule has 0 fully saturated rings. The number of carbonyl (C=O) groups is 1. The zero-order valence-electron chi connectivity index (χ0n) is 16.4. The number of hydrogen-bond acceptors (Lipinski definition) is 2. The topological polar surface area (TPSA) is 34.4 Å². The molecule has 25 heavy (non-hydrogen) atoms. The molecule has 0 aromatic carbocycles. The molecule has 1 aliphatic heterocycles. The van der Waals surface area contributed by atoms with Crippen molar-refractivity contribution < 1.29 is 4.79 Å². The smallest absolute Gasteiger partial charge is 0.260 e. The van der Waals surface area contributed by atoms with Gasteiger partial charge < -0.3 is 4.48 Å². The van der Waals surface area contributed by atoms with Crippen LogP contribution in [0.4, 0.5) is 0 Å². The van der Waals surface area contributed by atoms with Gasteiger partial charge in [0.15, 0.2) is 6.29 Å². The third-order valence-corrected chi connectivity index (χ3v) is 6.03. The first kappa shape index (κ1) is 20.5. The Bertz CT molecular complexity index is 628. The van der Waals surface area contributed by atoms with Crippen LogP contribution in [0.15, 0.2) is 15.5 Å². The molecule has 1 atom stereocenters. The van der Waals surface area contributed by atoms with Crippen LogP contribution >= 0.6 is 15.9 Å². The number of hydrogen-bond donors (Lipinski definition) is 0. The van der Waals surface area contributed by atoms with Gasteiger partial charge in [-0.1, -0.05) is 66.0 Å². The van der Waals surface area contributed by atoms with Gasteiger partial charge in [-0.2, -0.15) is 0 Å². The van der Waals surface area contributed by atoms with Gasteiger partial charge >= 0.3 is 0 Å². The van der Waals surface area contributed by atoms with Gasteiger partial charge in [-0.3, -0.25) is 9.79 Å². The minimum atomic E-state index is 0.0971. The van der Waals surface area contributed by atoms with E-state index in [0.29, 0.717) is 6.85 Å². The summed E-state index contributed by atoms with van der Waals surface area (Å²) in [5.74, 6) is 0. The van der Waals surface area contributed by atoms with E-state index in [0.717, 1.165) is 35.5 Å². The van der Waals surface area contributed by atoms with Crippen molar-refractivity contribution in [1.29, 1.82) is 0 Å². The van der Waals surface area contributed by atoms with Crippen LogP contribution in [0.2, 0.25) is 12.6 Å². The molecule has 0 spiro atoms. The first-order chi connectivity index (χ1) is 11.9. The largest absolute Gasteiger partial charge is 0.384 e. The second kappa shape index (κ2) is 8.70. The van der Waals surface area contributed by atoms with Gasteiger partial charge in [0, 0.05) is 15.9 Å². The normalized spacial score (nSPS) is 19.1. The van der Waals surface area contributed by atoms with Crippen LogP contribution in [0.1, 0.15) is 88.9 Å². The van der Waals surface area contributed by atoms with Crippen LogP contribution in [0.25, 0.3) is 0 Å². The number of unbranched alkanes of at least 4 members (excludes halogenated alkanes) is 2. The molecular weight excluding hydrogens is 375 g/mol. The fraction of sp³-hybridized carbons (Fsp3) is 0.700. The lowest BCUT2D eigenvalue weighted by Gasteiger charge is -2.29. The predicted octanol–water partition coefficient (Wildman–Crippen LogP) is 6.43. The summed E-state index contributed by atoms with van der Waals surface area (Å²) in [5, 5.41) is 0. The van der Waals surface area contributed by atoms with Gasteiger partial charge in [-0.15, -0.1) is 0 Å². The summed E-state index contributed by atoms with van der Waals surface area (Å²) in [6.07, 6.45) is 9.04. The molecule has 0 aliphatic carbocycles. The Balaban J connectivity index is 2.52. The third-order valence-electron chi connectivity index (χ3n) is 5.40. The van der Waals surface area contributed by atoms with Crippen molar-refractivity contribution in [3.05, 3.63) is 21.9 Å². The molecule has 3 nitrogen and oxygen atoms in total. The minimum absolute atomic E-state index is 0.0971.